The molecule has 2 nitrogen and oxygen atoms in total. The summed E-state index contributed by atoms with van der Waals surface area (Å²) >= 11 is 0. The highest BCUT2D eigenvalue weighted by atomic mass is 16.5. The van der Waals surface area contributed by atoms with Crippen LogP contribution in [0.3, 0.4) is 0 Å². The van der Waals surface area contributed by atoms with Crippen molar-refractivity contribution in [3.8, 4) is 0 Å². The standard InChI is InChI=1S/C26H40O2/c1-18(2)24(27)17-28-16-13-20-9-11-22-21-10-8-19-7-5-6-14-25(19,3)23(21)12-15-26(20,22)4/h8-10,18,22-24,27H,5-7,11-17H2,1-4H3/t22-,23+,24-,25+,26-/m1/s1. The highest BCUT2D eigenvalue weighted by molar-refractivity contribution is 5.41. The van der Waals surface area contributed by atoms with Crippen molar-refractivity contribution in [3.63, 3.8) is 0 Å². The first kappa shape index (κ1) is 20.4. The second-order valence-corrected chi connectivity index (χ2v) is 10.6. The number of aliphatic hydroxyl groups is 1. The van der Waals surface area contributed by atoms with Crippen LogP contribution in [0.15, 0.2) is 34.9 Å². The molecule has 4 aliphatic carbocycles. The monoisotopic (exact) mass is 384 g/mol. The van der Waals surface area contributed by atoms with Gasteiger partial charge in [-0.15, -0.1) is 0 Å². The predicted molar refractivity (Wildman–Crippen MR) is 116 cm³/mol. The molecule has 0 aliphatic heterocycles. The van der Waals surface area contributed by atoms with Crippen molar-refractivity contribution in [2.45, 2.75) is 85.2 Å². The van der Waals surface area contributed by atoms with Gasteiger partial charge in [-0.3, -0.25) is 0 Å². The van der Waals surface area contributed by atoms with Gasteiger partial charge in [0.15, 0.2) is 0 Å². The van der Waals surface area contributed by atoms with Crippen LogP contribution >= 0.6 is 0 Å². The Morgan fingerprint density at radius 1 is 1.11 bits per heavy atom. The molecule has 0 radical (unpaired) electrons. The van der Waals surface area contributed by atoms with E-state index in [1.54, 1.807) is 16.7 Å². The lowest BCUT2D eigenvalue weighted by atomic mass is 9.50. The third kappa shape index (κ3) is 3.35. The van der Waals surface area contributed by atoms with Crippen molar-refractivity contribution in [1.29, 1.82) is 0 Å². The Labute approximate surface area is 172 Å². The van der Waals surface area contributed by atoms with Gasteiger partial charge in [0.05, 0.1) is 19.3 Å². The van der Waals surface area contributed by atoms with Crippen LogP contribution in [-0.2, 0) is 4.74 Å². The molecule has 2 heteroatoms. The summed E-state index contributed by atoms with van der Waals surface area (Å²) in [6.07, 6.45) is 17.6. The van der Waals surface area contributed by atoms with Crippen LogP contribution in [0.2, 0.25) is 0 Å². The van der Waals surface area contributed by atoms with Gasteiger partial charge in [0.2, 0.25) is 0 Å². The second kappa shape index (κ2) is 7.76. The molecule has 0 bridgehead atoms. The Kier molecular flexibility index (Phi) is 5.66. The van der Waals surface area contributed by atoms with E-state index in [9.17, 15) is 5.11 Å². The Balaban J connectivity index is 1.43. The fourth-order valence-corrected chi connectivity index (χ4v) is 6.68. The van der Waals surface area contributed by atoms with Crippen molar-refractivity contribution < 1.29 is 9.84 Å². The Morgan fingerprint density at radius 2 is 1.93 bits per heavy atom. The summed E-state index contributed by atoms with van der Waals surface area (Å²) in [5, 5.41) is 9.95. The van der Waals surface area contributed by atoms with Crippen LogP contribution in [0.5, 0.6) is 0 Å². The van der Waals surface area contributed by atoms with Gasteiger partial charge in [0.25, 0.3) is 0 Å². The van der Waals surface area contributed by atoms with Crippen molar-refractivity contribution in [3.05, 3.63) is 34.9 Å². The topological polar surface area (TPSA) is 29.5 Å². The van der Waals surface area contributed by atoms with Crippen molar-refractivity contribution in [1.82, 2.24) is 0 Å². The summed E-state index contributed by atoms with van der Waals surface area (Å²) in [6, 6.07) is 0. The van der Waals surface area contributed by atoms with Crippen LogP contribution in [0.4, 0.5) is 0 Å². The highest BCUT2D eigenvalue weighted by Gasteiger charge is 2.53. The fourth-order valence-electron chi connectivity index (χ4n) is 6.68. The average molecular weight is 385 g/mol. The summed E-state index contributed by atoms with van der Waals surface area (Å²) in [7, 11) is 0. The van der Waals surface area contributed by atoms with E-state index in [0.717, 1.165) is 18.9 Å². The van der Waals surface area contributed by atoms with E-state index in [-0.39, 0.29) is 12.0 Å². The number of aliphatic hydroxyl groups excluding tert-OH is 1. The zero-order valence-corrected chi connectivity index (χ0v) is 18.5. The van der Waals surface area contributed by atoms with Crippen LogP contribution in [0, 0.1) is 28.6 Å². The van der Waals surface area contributed by atoms with Gasteiger partial charge in [0, 0.05) is 0 Å². The second-order valence-electron chi connectivity index (χ2n) is 10.6. The Morgan fingerprint density at radius 3 is 2.71 bits per heavy atom. The molecule has 2 saturated carbocycles. The van der Waals surface area contributed by atoms with Crippen molar-refractivity contribution >= 4 is 0 Å². The number of hydrogen-bond donors (Lipinski definition) is 1. The van der Waals surface area contributed by atoms with Gasteiger partial charge >= 0.3 is 0 Å². The molecular formula is C26H40O2. The molecule has 2 fully saturated rings. The zero-order valence-electron chi connectivity index (χ0n) is 18.5. The van der Waals surface area contributed by atoms with Crippen molar-refractivity contribution in [2.24, 2.45) is 28.6 Å². The van der Waals surface area contributed by atoms with Gasteiger partial charge in [0.1, 0.15) is 0 Å². The maximum absolute atomic E-state index is 9.95. The largest absolute Gasteiger partial charge is 0.390 e. The summed E-state index contributed by atoms with van der Waals surface area (Å²) < 4.78 is 5.82. The third-order valence-corrected chi connectivity index (χ3v) is 8.81. The molecule has 0 saturated heterocycles. The number of fused-ring (bicyclic) bond motifs is 5. The molecule has 0 aromatic heterocycles. The number of rotatable bonds is 6. The van der Waals surface area contributed by atoms with Crippen LogP contribution in [0.1, 0.15) is 79.1 Å². The maximum atomic E-state index is 9.95. The Hall–Kier alpha value is -0.860. The van der Waals surface area contributed by atoms with E-state index in [0.29, 0.717) is 23.4 Å². The quantitative estimate of drug-likeness (QED) is 0.435. The van der Waals surface area contributed by atoms with E-state index >= 15 is 0 Å². The molecule has 0 spiro atoms. The van der Waals surface area contributed by atoms with E-state index in [1.807, 2.05) is 13.8 Å². The lowest BCUT2D eigenvalue weighted by Crippen LogP contribution is -2.44. The van der Waals surface area contributed by atoms with E-state index in [2.05, 4.69) is 32.1 Å². The molecule has 5 atom stereocenters. The average Bonchev–Trinajstić information content (AvgIpc) is 3.01. The molecule has 4 aliphatic rings. The SMILES string of the molecule is CC(C)[C@H](O)COCCC1=CC[C@@H]2C3=CC=C4CCCC[C@]4(C)[C@H]3CC[C@]12C. The first-order valence-electron chi connectivity index (χ1n) is 11.7. The highest BCUT2D eigenvalue weighted by Crippen LogP contribution is 2.63. The molecule has 1 N–H and O–H groups in total. The molecule has 0 amide bonds. The van der Waals surface area contributed by atoms with E-state index in [1.165, 1.54) is 44.9 Å². The molecule has 0 heterocycles. The minimum atomic E-state index is -0.346. The smallest absolute Gasteiger partial charge is 0.0796 e. The molecule has 156 valence electrons. The number of ether oxygens (including phenoxy) is 1. The lowest BCUT2D eigenvalue weighted by Gasteiger charge is -2.54. The number of allylic oxidation sites excluding steroid dienone is 5. The van der Waals surface area contributed by atoms with E-state index < -0.39 is 0 Å². The minimum Gasteiger partial charge on any atom is -0.390 e. The molecule has 0 aromatic rings. The van der Waals surface area contributed by atoms with Gasteiger partial charge in [-0.1, -0.05) is 69.1 Å². The first-order chi connectivity index (χ1) is 13.4. The van der Waals surface area contributed by atoms with Crippen LogP contribution < -0.4 is 0 Å². The Bertz CT molecular complexity index is 685. The third-order valence-electron chi connectivity index (χ3n) is 8.81. The number of hydrogen-bond acceptors (Lipinski definition) is 2. The lowest BCUT2D eigenvalue weighted by molar-refractivity contribution is 0.0125. The predicted octanol–water partition coefficient (Wildman–Crippen LogP) is 6.22. The minimum absolute atomic E-state index is 0.264. The van der Waals surface area contributed by atoms with Crippen LogP contribution in [-0.4, -0.2) is 24.4 Å². The molecule has 0 unspecified atom stereocenters. The molecule has 4 rings (SSSR count). The fraction of sp³-hybridized carbons (Fsp3) is 0.769. The molecule has 28 heavy (non-hydrogen) atoms. The van der Waals surface area contributed by atoms with Gasteiger partial charge < -0.3 is 9.84 Å². The van der Waals surface area contributed by atoms with Crippen molar-refractivity contribution in [2.75, 3.05) is 13.2 Å². The summed E-state index contributed by atoms with van der Waals surface area (Å²) in [6.45, 7) is 10.4. The molecular weight excluding hydrogens is 344 g/mol. The zero-order chi connectivity index (χ0) is 19.9. The summed E-state index contributed by atoms with van der Waals surface area (Å²) in [5.74, 6) is 1.73. The first-order valence-corrected chi connectivity index (χ1v) is 11.7. The van der Waals surface area contributed by atoms with Crippen LogP contribution in [0.25, 0.3) is 0 Å². The summed E-state index contributed by atoms with van der Waals surface area (Å²) in [4.78, 5) is 0. The van der Waals surface area contributed by atoms with Gasteiger partial charge in [-0.05, 0) is 73.5 Å². The summed E-state index contributed by atoms with van der Waals surface area (Å²) in [5.41, 5.74) is 5.85. The maximum Gasteiger partial charge on any atom is 0.0796 e. The normalized spacial score (nSPS) is 38.1. The van der Waals surface area contributed by atoms with Gasteiger partial charge in [-0.2, -0.15) is 0 Å². The van der Waals surface area contributed by atoms with E-state index in [4.69, 9.17) is 4.74 Å². The molecule has 0 aromatic carbocycles. The van der Waals surface area contributed by atoms with Gasteiger partial charge in [-0.25, -0.2) is 0 Å².